The molecule has 0 heterocycles. The molecule has 0 aliphatic rings. The molecule has 0 aliphatic carbocycles. The zero-order chi connectivity index (χ0) is 9.14. The Morgan fingerprint density at radius 3 is 2.67 bits per heavy atom. The highest BCUT2D eigenvalue weighted by Gasteiger charge is 1.99. The van der Waals surface area contributed by atoms with Gasteiger partial charge in [0, 0.05) is 33.5 Å². The third-order valence-electron chi connectivity index (χ3n) is 1.35. The van der Waals surface area contributed by atoms with Crippen molar-refractivity contribution in [2.45, 2.75) is 5.75 Å². The maximum absolute atomic E-state index is 10.9. The Hall–Kier alpha value is -0.540. The largest absolute Gasteiger partial charge is 0.399 e. The van der Waals surface area contributed by atoms with Crippen LogP contribution in [-0.4, -0.2) is 10.5 Å². The molecule has 2 nitrogen and oxygen atoms in total. The SMILES string of the molecule is CS(=O)Cc1cc(N)cc(Cl)c1. The molecule has 0 amide bonds. The molecule has 0 spiro atoms. The lowest BCUT2D eigenvalue weighted by molar-refractivity contribution is 0.686. The molecule has 4 heteroatoms. The second kappa shape index (κ2) is 3.92. The van der Waals surface area contributed by atoms with E-state index in [9.17, 15) is 4.21 Å². The van der Waals surface area contributed by atoms with E-state index in [-0.39, 0.29) is 0 Å². The third kappa shape index (κ3) is 2.83. The number of nitrogen functional groups attached to an aromatic ring is 1. The fourth-order valence-electron chi connectivity index (χ4n) is 0.993. The second-order valence-electron chi connectivity index (χ2n) is 2.61. The minimum atomic E-state index is -0.847. The van der Waals surface area contributed by atoms with E-state index in [1.165, 1.54) is 0 Å². The topological polar surface area (TPSA) is 43.1 Å². The fraction of sp³-hybridized carbons (Fsp3) is 0.250. The summed E-state index contributed by atoms with van der Waals surface area (Å²) < 4.78 is 10.9. The van der Waals surface area contributed by atoms with E-state index in [2.05, 4.69) is 0 Å². The summed E-state index contributed by atoms with van der Waals surface area (Å²) in [6.07, 6.45) is 1.65. The summed E-state index contributed by atoms with van der Waals surface area (Å²) in [5.41, 5.74) is 7.08. The molecule has 0 aliphatic heterocycles. The lowest BCUT2D eigenvalue weighted by atomic mass is 10.2. The van der Waals surface area contributed by atoms with Crippen molar-refractivity contribution in [2.75, 3.05) is 12.0 Å². The summed E-state index contributed by atoms with van der Waals surface area (Å²) in [4.78, 5) is 0. The van der Waals surface area contributed by atoms with Crippen LogP contribution >= 0.6 is 11.6 Å². The average molecular weight is 204 g/mol. The zero-order valence-electron chi connectivity index (χ0n) is 6.71. The number of nitrogens with two attached hydrogens (primary N) is 1. The molecular formula is C8H10ClNOS. The first-order valence-electron chi connectivity index (χ1n) is 3.43. The van der Waals surface area contributed by atoms with E-state index in [0.29, 0.717) is 16.5 Å². The minimum absolute atomic E-state index is 0.505. The second-order valence-corrected chi connectivity index (χ2v) is 4.48. The summed E-state index contributed by atoms with van der Waals surface area (Å²) in [5, 5.41) is 0.593. The Kier molecular flexibility index (Phi) is 3.12. The number of anilines is 1. The first-order chi connectivity index (χ1) is 5.58. The first kappa shape index (κ1) is 9.55. The van der Waals surface area contributed by atoms with Crippen LogP contribution in [0.1, 0.15) is 5.56 Å². The van der Waals surface area contributed by atoms with Gasteiger partial charge in [0.1, 0.15) is 0 Å². The molecule has 0 bridgehead atoms. The van der Waals surface area contributed by atoms with Gasteiger partial charge in [0.15, 0.2) is 0 Å². The smallest absolute Gasteiger partial charge is 0.0484 e. The zero-order valence-corrected chi connectivity index (χ0v) is 8.28. The summed E-state index contributed by atoms with van der Waals surface area (Å²) in [6, 6.07) is 5.23. The van der Waals surface area contributed by atoms with Crippen molar-refractivity contribution in [1.82, 2.24) is 0 Å². The lowest BCUT2D eigenvalue weighted by Crippen LogP contribution is -1.94. The Morgan fingerprint density at radius 1 is 1.50 bits per heavy atom. The van der Waals surface area contributed by atoms with Gasteiger partial charge in [-0.2, -0.15) is 0 Å². The van der Waals surface area contributed by atoms with Gasteiger partial charge in [0.25, 0.3) is 0 Å². The van der Waals surface area contributed by atoms with E-state index in [1.54, 1.807) is 24.5 Å². The standard InChI is InChI=1S/C8H10ClNOS/c1-12(11)5-6-2-7(9)4-8(10)3-6/h2-4H,5,10H2,1H3. The van der Waals surface area contributed by atoms with Crippen LogP contribution in [0.2, 0.25) is 5.02 Å². The highest BCUT2D eigenvalue weighted by molar-refractivity contribution is 7.83. The van der Waals surface area contributed by atoms with Gasteiger partial charge in [0.05, 0.1) is 0 Å². The highest BCUT2D eigenvalue weighted by atomic mass is 35.5. The number of rotatable bonds is 2. The maximum atomic E-state index is 10.9. The van der Waals surface area contributed by atoms with E-state index in [1.807, 2.05) is 0 Å². The van der Waals surface area contributed by atoms with Gasteiger partial charge < -0.3 is 5.73 Å². The molecule has 0 fully saturated rings. The number of hydrogen-bond acceptors (Lipinski definition) is 2. The van der Waals surface area contributed by atoms with Gasteiger partial charge in [-0.25, -0.2) is 0 Å². The van der Waals surface area contributed by atoms with Crippen LogP contribution in [0.5, 0.6) is 0 Å². The Balaban J connectivity index is 2.93. The molecule has 0 saturated carbocycles. The maximum Gasteiger partial charge on any atom is 0.0484 e. The Morgan fingerprint density at radius 2 is 2.17 bits per heavy atom. The molecule has 1 unspecified atom stereocenters. The van der Waals surface area contributed by atoms with E-state index in [4.69, 9.17) is 17.3 Å². The van der Waals surface area contributed by atoms with Crippen LogP contribution in [0.3, 0.4) is 0 Å². The van der Waals surface area contributed by atoms with Gasteiger partial charge in [-0.3, -0.25) is 4.21 Å². The van der Waals surface area contributed by atoms with Crippen molar-refractivity contribution < 1.29 is 4.21 Å². The normalized spacial score (nSPS) is 12.8. The molecule has 1 aromatic carbocycles. The molecule has 12 heavy (non-hydrogen) atoms. The quantitative estimate of drug-likeness (QED) is 0.745. The van der Waals surface area contributed by atoms with Gasteiger partial charge in [-0.1, -0.05) is 11.6 Å². The first-order valence-corrected chi connectivity index (χ1v) is 5.53. The van der Waals surface area contributed by atoms with Crippen molar-refractivity contribution in [1.29, 1.82) is 0 Å². The van der Waals surface area contributed by atoms with Crippen LogP contribution in [-0.2, 0) is 16.6 Å². The predicted molar refractivity (Wildman–Crippen MR) is 53.6 cm³/mol. The van der Waals surface area contributed by atoms with Gasteiger partial charge in [-0.15, -0.1) is 0 Å². The molecule has 1 aromatic rings. The van der Waals surface area contributed by atoms with Crippen molar-refractivity contribution in [3.05, 3.63) is 28.8 Å². The van der Waals surface area contributed by atoms with Crippen LogP contribution < -0.4 is 5.73 Å². The molecule has 1 rings (SSSR count). The van der Waals surface area contributed by atoms with E-state index in [0.717, 1.165) is 5.56 Å². The van der Waals surface area contributed by atoms with Gasteiger partial charge in [-0.05, 0) is 23.8 Å². The van der Waals surface area contributed by atoms with Crippen LogP contribution in [0.4, 0.5) is 5.69 Å². The van der Waals surface area contributed by atoms with Crippen molar-refractivity contribution in [3.8, 4) is 0 Å². The van der Waals surface area contributed by atoms with Crippen LogP contribution in [0.15, 0.2) is 18.2 Å². The van der Waals surface area contributed by atoms with Gasteiger partial charge in [0.2, 0.25) is 0 Å². The van der Waals surface area contributed by atoms with Crippen molar-refractivity contribution in [2.24, 2.45) is 0 Å². The van der Waals surface area contributed by atoms with Gasteiger partial charge >= 0.3 is 0 Å². The fourth-order valence-corrected chi connectivity index (χ4v) is 1.90. The third-order valence-corrected chi connectivity index (χ3v) is 2.31. The summed E-state index contributed by atoms with van der Waals surface area (Å²) in [7, 11) is -0.847. The molecule has 2 N–H and O–H groups in total. The predicted octanol–water partition coefficient (Wildman–Crippen LogP) is 1.80. The summed E-state index contributed by atoms with van der Waals surface area (Å²) >= 11 is 5.75. The van der Waals surface area contributed by atoms with Crippen molar-refractivity contribution in [3.63, 3.8) is 0 Å². The summed E-state index contributed by atoms with van der Waals surface area (Å²) in [6.45, 7) is 0. The average Bonchev–Trinajstić information content (AvgIpc) is 1.81. The van der Waals surface area contributed by atoms with E-state index >= 15 is 0 Å². The van der Waals surface area contributed by atoms with Crippen LogP contribution in [0.25, 0.3) is 0 Å². The molecule has 1 atom stereocenters. The number of halogens is 1. The van der Waals surface area contributed by atoms with E-state index < -0.39 is 10.8 Å². The number of hydrogen-bond donors (Lipinski definition) is 1. The molecule has 0 saturated heterocycles. The van der Waals surface area contributed by atoms with Crippen molar-refractivity contribution >= 4 is 28.1 Å². The Bertz CT molecular complexity index is 294. The molecular weight excluding hydrogens is 194 g/mol. The minimum Gasteiger partial charge on any atom is -0.399 e. The number of benzene rings is 1. The molecule has 0 aromatic heterocycles. The monoisotopic (exact) mass is 203 g/mol. The Labute approximate surface area is 79.2 Å². The summed E-state index contributed by atoms with van der Waals surface area (Å²) in [5.74, 6) is 0.505. The van der Waals surface area contributed by atoms with Crippen LogP contribution in [0, 0.1) is 0 Å². The molecule has 0 radical (unpaired) electrons. The highest BCUT2D eigenvalue weighted by Crippen LogP contribution is 2.17. The molecule has 66 valence electrons. The lowest BCUT2D eigenvalue weighted by Gasteiger charge is -2.00.